The zero-order chi connectivity index (χ0) is 11.4. The maximum atomic E-state index is 11.3. The summed E-state index contributed by atoms with van der Waals surface area (Å²) in [5.74, 6) is -0.0194. The number of nitrogens with one attached hydrogen (secondary N) is 1. The van der Waals surface area contributed by atoms with Gasteiger partial charge < -0.3 is 5.32 Å². The van der Waals surface area contributed by atoms with Crippen LogP contribution in [0.3, 0.4) is 0 Å². The molecule has 0 atom stereocenters. The van der Waals surface area contributed by atoms with Crippen LogP contribution in [-0.2, 0) is 11.3 Å². The van der Waals surface area contributed by atoms with Crippen molar-refractivity contribution < 1.29 is 4.79 Å². The number of halogens is 2. The lowest BCUT2D eigenvalue weighted by Gasteiger charge is -2.09. The van der Waals surface area contributed by atoms with Gasteiger partial charge in [0.05, 0.1) is 0 Å². The second-order valence-electron chi connectivity index (χ2n) is 3.61. The lowest BCUT2D eigenvalue weighted by atomic mass is 10.2. The van der Waals surface area contributed by atoms with Crippen LogP contribution in [0.15, 0.2) is 18.2 Å². The third kappa shape index (κ3) is 3.73. The number of carbonyl (C=O) groups excluding carboxylic acids is 1. The van der Waals surface area contributed by atoms with Gasteiger partial charge in [-0.3, -0.25) is 4.79 Å². The molecule has 0 saturated heterocycles. The summed E-state index contributed by atoms with van der Waals surface area (Å²) in [4.78, 5) is 11.3. The molecule has 0 spiro atoms. The smallest absolute Gasteiger partial charge is 0.222 e. The molecule has 0 aromatic heterocycles. The van der Waals surface area contributed by atoms with Crippen LogP contribution in [0.1, 0.15) is 19.4 Å². The van der Waals surface area contributed by atoms with E-state index in [9.17, 15) is 4.79 Å². The van der Waals surface area contributed by atoms with Gasteiger partial charge in [0.1, 0.15) is 0 Å². The van der Waals surface area contributed by atoms with E-state index in [1.54, 1.807) is 18.2 Å². The highest BCUT2D eigenvalue weighted by molar-refractivity contribution is 6.33. The average Bonchev–Trinajstić information content (AvgIpc) is 2.18. The Morgan fingerprint density at radius 3 is 2.67 bits per heavy atom. The first-order valence-electron chi connectivity index (χ1n) is 4.72. The molecule has 0 aliphatic rings. The average molecular weight is 246 g/mol. The molecule has 0 fully saturated rings. The van der Waals surface area contributed by atoms with Gasteiger partial charge >= 0.3 is 0 Å². The Balaban J connectivity index is 2.65. The Bertz CT molecular complexity index is 364. The van der Waals surface area contributed by atoms with E-state index in [0.29, 0.717) is 16.6 Å². The van der Waals surface area contributed by atoms with Crippen molar-refractivity contribution in [3.8, 4) is 0 Å². The van der Waals surface area contributed by atoms with E-state index in [1.807, 2.05) is 13.8 Å². The molecule has 15 heavy (non-hydrogen) atoms. The van der Waals surface area contributed by atoms with Gasteiger partial charge in [-0.05, 0) is 23.8 Å². The maximum Gasteiger partial charge on any atom is 0.222 e. The minimum atomic E-state index is -0.0250. The number of hydrogen-bond donors (Lipinski definition) is 1. The van der Waals surface area contributed by atoms with Gasteiger partial charge in [-0.15, -0.1) is 0 Å². The van der Waals surface area contributed by atoms with Crippen LogP contribution in [0.25, 0.3) is 0 Å². The van der Waals surface area contributed by atoms with Gasteiger partial charge in [-0.25, -0.2) is 0 Å². The quantitative estimate of drug-likeness (QED) is 0.871. The first-order chi connectivity index (χ1) is 7.00. The molecular weight excluding hydrogens is 233 g/mol. The second-order valence-corrected chi connectivity index (χ2v) is 4.45. The van der Waals surface area contributed by atoms with E-state index in [2.05, 4.69) is 5.32 Å². The first kappa shape index (κ1) is 12.3. The van der Waals surface area contributed by atoms with E-state index in [-0.39, 0.29) is 11.8 Å². The molecule has 4 heteroatoms. The molecule has 1 N–H and O–H groups in total. The Labute approximate surface area is 99.6 Å². The summed E-state index contributed by atoms with van der Waals surface area (Å²) in [6, 6.07) is 5.20. The summed E-state index contributed by atoms with van der Waals surface area (Å²) in [6.45, 7) is 4.10. The van der Waals surface area contributed by atoms with Crippen LogP contribution >= 0.6 is 23.2 Å². The molecule has 0 saturated carbocycles. The SMILES string of the molecule is CC(C)C(=O)NCc1cc(Cl)ccc1Cl. The van der Waals surface area contributed by atoms with Gasteiger partial charge in [-0.1, -0.05) is 37.0 Å². The molecule has 1 aromatic rings. The fourth-order valence-electron chi connectivity index (χ4n) is 1.07. The van der Waals surface area contributed by atoms with E-state index in [1.165, 1.54) is 0 Å². The van der Waals surface area contributed by atoms with Crippen molar-refractivity contribution in [1.82, 2.24) is 5.32 Å². The topological polar surface area (TPSA) is 29.1 Å². The number of hydrogen-bond acceptors (Lipinski definition) is 1. The Kier molecular flexibility index (Phi) is 4.43. The predicted molar refractivity (Wildman–Crippen MR) is 63.1 cm³/mol. The Morgan fingerprint density at radius 1 is 1.40 bits per heavy atom. The summed E-state index contributed by atoms with van der Waals surface area (Å²) >= 11 is 11.8. The zero-order valence-corrected chi connectivity index (χ0v) is 10.2. The van der Waals surface area contributed by atoms with E-state index >= 15 is 0 Å². The van der Waals surface area contributed by atoms with Crippen LogP contribution in [0.2, 0.25) is 10.0 Å². The molecule has 2 nitrogen and oxygen atoms in total. The summed E-state index contributed by atoms with van der Waals surface area (Å²) in [6.07, 6.45) is 0. The fraction of sp³-hybridized carbons (Fsp3) is 0.364. The third-order valence-electron chi connectivity index (χ3n) is 1.99. The molecule has 1 rings (SSSR count). The lowest BCUT2D eigenvalue weighted by molar-refractivity contribution is -0.124. The van der Waals surface area contributed by atoms with Crippen molar-refractivity contribution >= 4 is 29.1 Å². The highest BCUT2D eigenvalue weighted by Gasteiger charge is 2.07. The number of benzene rings is 1. The number of amides is 1. The maximum absolute atomic E-state index is 11.3. The molecule has 0 heterocycles. The van der Waals surface area contributed by atoms with E-state index in [0.717, 1.165) is 5.56 Å². The molecule has 82 valence electrons. The molecule has 1 aromatic carbocycles. The fourth-order valence-corrected chi connectivity index (χ4v) is 1.44. The van der Waals surface area contributed by atoms with Gasteiger partial charge in [-0.2, -0.15) is 0 Å². The van der Waals surface area contributed by atoms with Crippen LogP contribution in [-0.4, -0.2) is 5.91 Å². The van der Waals surface area contributed by atoms with Gasteiger partial charge in [0, 0.05) is 22.5 Å². The molecule has 1 amide bonds. The standard InChI is InChI=1S/C11H13Cl2NO/c1-7(2)11(15)14-6-8-5-9(12)3-4-10(8)13/h3-5,7H,6H2,1-2H3,(H,14,15). The molecule has 0 bridgehead atoms. The minimum absolute atomic E-state index is 0.00559. The summed E-state index contributed by atoms with van der Waals surface area (Å²) in [5.41, 5.74) is 0.832. The Morgan fingerprint density at radius 2 is 2.07 bits per heavy atom. The monoisotopic (exact) mass is 245 g/mol. The van der Waals surface area contributed by atoms with Crippen LogP contribution < -0.4 is 5.32 Å². The van der Waals surface area contributed by atoms with Crippen molar-refractivity contribution in [2.24, 2.45) is 5.92 Å². The summed E-state index contributed by atoms with van der Waals surface area (Å²) in [7, 11) is 0. The van der Waals surface area contributed by atoms with Crippen molar-refractivity contribution in [3.05, 3.63) is 33.8 Å². The van der Waals surface area contributed by atoms with E-state index < -0.39 is 0 Å². The largest absolute Gasteiger partial charge is 0.352 e. The predicted octanol–water partition coefficient (Wildman–Crippen LogP) is 3.27. The molecule has 0 aliphatic heterocycles. The third-order valence-corrected chi connectivity index (χ3v) is 2.59. The van der Waals surface area contributed by atoms with Crippen LogP contribution in [0, 0.1) is 5.92 Å². The number of carbonyl (C=O) groups is 1. The van der Waals surface area contributed by atoms with Crippen molar-refractivity contribution in [2.45, 2.75) is 20.4 Å². The molecule has 0 aliphatic carbocycles. The van der Waals surface area contributed by atoms with Gasteiger partial charge in [0.15, 0.2) is 0 Å². The minimum Gasteiger partial charge on any atom is -0.352 e. The number of rotatable bonds is 3. The van der Waals surface area contributed by atoms with Crippen molar-refractivity contribution in [1.29, 1.82) is 0 Å². The first-order valence-corrected chi connectivity index (χ1v) is 5.48. The molecular formula is C11H13Cl2NO. The highest BCUT2D eigenvalue weighted by Crippen LogP contribution is 2.20. The van der Waals surface area contributed by atoms with Crippen molar-refractivity contribution in [3.63, 3.8) is 0 Å². The summed E-state index contributed by atoms with van der Waals surface area (Å²) < 4.78 is 0. The van der Waals surface area contributed by atoms with Gasteiger partial charge in [0.25, 0.3) is 0 Å². The molecule has 0 unspecified atom stereocenters. The second kappa shape index (κ2) is 5.38. The Hall–Kier alpha value is -0.730. The van der Waals surface area contributed by atoms with Crippen LogP contribution in [0.5, 0.6) is 0 Å². The normalized spacial score (nSPS) is 10.5. The van der Waals surface area contributed by atoms with Crippen molar-refractivity contribution in [2.75, 3.05) is 0 Å². The highest BCUT2D eigenvalue weighted by atomic mass is 35.5. The van der Waals surface area contributed by atoms with Crippen LogP contribution in [0.4, 0.5) is 0 Å². The van der Waals surface area contributed by atoms with Gasteiger partial charge in [0.2, 0.25) is 5.91 Å². The zero-order valence-electron chi connectivity index (χ0n) is 8.68. The lowest BCUT2D eigenvalue weighted by Crippen LogP contribution is -2.27. The van der Waals surface area contributed by atoms with E-state index in [4.69, 9.17) is 23.2 Å². The molecule has 0 radical (unpaired) electrons. The summed E-state index contributed by atoms with van der Waals surface area (Å²) in [5, 5.41) is 4.02.